The van der Waals surface area contributed by atoms with Gasteiger partial charge in [-0.05, 0) is 18.5 Å². The summed E-state index contributed by atoms with van der Waals surface area (Å²) in [7, 11) is 0.500. The number of hydrogen-bond donors (Lipinski definition) is 1. The van der Waals surface area contributed by atoms with Crippen LogP contribution in [0.2, 0.25) is 0 Å². The van der Waals surface area contributed by atoms with Crippen LogP contribution in [0.3, 0.4) is 0 Å². The summed E-state index contributed by atoms with van der Waals surface area (Å²) in [5.74, 6) is -0.749. The molecule has 0 rings (SSSR count). The molecule has 0 aromatic heterocycles. The van der Waals surface area contributed by atoms with E-state index in [9.17, 15) is 13.6 Å². The SMILES string of the molecule is CCCCCCOC(=O)CF.CF.CSO.O.O. The van der Waals surface area contributed by atoms with Crippen molar-refractivity contribution in [1.29, 1.82) is 0 Å². The van der Waals surface area contributed by atoms with Gasteiger partial charge in [-0.25, -0.2) is 9.18 Å². The predicted octanol–water partition coefficient (Wildman–Crippen LogP) is 1.84. The van der Waals surface area contributed by atoms with Crippen molar-refractivity contribution in [1.82, 2.24) is 0 Å². The number of alkyl halides is 2. The highest BCUT2D eigenvalue weighted by atomic mass is 32.2. The molecule has 5 nitrogen and oxygen atoms in total. The molecular formula is C10H26F2O5S. The van der Waals surface area contributed by atoms with E-state index in [1.54, 1.807) is 6.26 Å². The van der Waals surface area contributed by atoms with E-state index in [-0.39, 0.29) is 11.0 Å². The van der Waals surface area contributed by atoms with Gasteiger partial charge in [0.05, 0.1) is 13.8 Å². The van der Waals surface area contributed by atoms with Crippen LogP contribution in [0, 0.1) is 0 Å². The summed E-state index contributed by atoms with van der Waals surface area (Å²) in [6.45, 7) is 1.46. The van der Waals surface area contributed by atoms with Crippen LogP contribution in [0.15, 0.2) is 0 Å². The number of carbonyl (C=O) groups is 1. The Balaban J connectivity index is -0.0000000704. The minimum Gasteiger partial charge on any atom is -0.464 e. The summed E-state index contributed by atoms with van der Waals surface area (Å²) in [5, 5.41) is 0. The molecule has 0 fully saturated rings. The quantitative estimate of drug-likeness (QED) is 0.458. The van der Waals surface area contributed by atoms with Gasteiger partial charge in [0.15, 0.2) is 6.67 Å². The molecule has 116 valence electrons. The number of esters is 1. The normalized spacial score (nSPS) is 7.22. The van der Waals surface area contributed by atoms with Crippen molar-refractivity contribution in [3.8, 4) is 0 Å². The predicted molar refractivity (Wildman–Crippen MR) is 71.5 cm³/mol. The van der Waals surface area contributed by atoms with E-state index in [2.05, 4.69) is 11.7 Å². The van der Waals surface area contributed by atoms with Crippen molar-refractivity contribution in [2.24, 2.45) is 0 Å². The van der Waals surface area contributed by atoms with Gasteiger partial charge in [0.25, 0.3) is 0 Å². The maximum absolute atomic E-state index is 11.5. The van der Waals surface area contributed by atoms with Crippen LogP contribution in [-0.2, 0) is 9.53 Å². The van der Waals surface area contributed by atoms with Crippen LogP contribution in [0.4, 0.5) is 8.78 Å². The van der Waals surface area contributed by atoms with Gasteiger partial charge in [-0.2, -0.15) is 0 Å². The summed E-state index contributed by atoms with van der Waals surface area (Å²) in [4.78, 5) is 10.2. The average Bonchev–Trinajstić information content (AvgIpc) is 2.32. The van der Waals surface area contributed by atoms with Gasteiger partial charge in [0, 0.05) is 6.26 Å². The van der Waals surface area contributed by atoms with E-state index in [1.165, 1.54) is 0 Å². The van der Waals surface area contributed by atoms with Gasteiger partial charge in [-0.3, -0.25) is 4.39 Å². The maximum Gasteiger partial charge on any atom is 0.337 e. The largest absolute Gasteiger partial charge is 0.464 e. The Morgan fingerprint density at radius 1 is 1.22 bits per heavy atom. The summed E-state index contributed by atoms with van der Waals surface area (Å²) in [6.07, 6.45) is 5.79. The number of hydrogen-bond acceptors (Lipinski definition) is 4. The second kappa shape index (κ2) is 36.0. The minimum absolute atomic E-state index is 0. The lowest BCUT2D eigenvalue weighted by atomic mass is 10.2. The number of ether oxygens (including phenoxy) is 1. The van der Waals surface area contributed by atoms with E-state index < -0.39 is 12.6 Å². The molecule has 5 N–H and O–H groups in total. The molecule has 0 aliphatic heterocycles. The fourth-order valence-electron chi connectivity index (χ4n) is 0.753. The van der Waals surface area contributed by atoms with Gasteiger partial charge < -0.3 is 20.2 Å². The van der Waals surface area contributed by atoms with Crippen molar-refractivity contribution >= 4 is 18.0 Å². The fraction of sp³-hybridized carbons (Fsp3) is 0.900. The third-order valence-electron chi connectivity index (χ3n) is 1.37. The molecule has 18 heavy (non-hydrogen) atoms. The number of carbonyl (C=O) groups excluding carboxylic acids is 1. The lowest BCUT2D eigenvalue weighted by molar-refractivity contribution is -0.144. The summed E-state index contributed by atoms with van der Waals surface area (Å²) in [6, 6.07) is 0. The Hall–Kier alpha value is -0.440. The fourth-order valence-corrected chi connectivity index (χ4v) is 0.753. The van der Waals surface area contributed by atoms with Crippen molar-refractivity contribution in [2.45, 2.75) is 32.6 Å². The number of rotatable bonds is 6. The molecular weight excluding hydrogens is 270 g/mol. The highest BCUT2D eigenvalue weighted by molar-refractivity contribution is 7.93. The highest BCUT2D eigenvalue weighted by Gasteiger charge is 1.98. The number of halogens is 2. The summed E-state index contributed by atoms with van der Waals surface area (Å²) < 4.78 is 33.0. The molecule has 0 aromatic carbocycles. The highest BCUT2D eigenvalue weighted by Crippen LogP contribution is 1.98. The van der Waals surface area contributed by atoms with Crippen LogP contribution in [-0.4, -0.2) is 48.2 Å². The molecule has 0 aliphatic rings. The van der Waals surface area contributed by atoms with Gasteiger partial charge in [-0.1, -0.05) is 26.2 Å². The molecule has 0 aromatic rings. The first-order valence-corrected chi connectivity index (χ1v) is 6.18. The third kappa shape index (κ3) is 45.0. The number of unbranched alkanes of at least 4 members (excludes halogenated alkanes) is 3. The van der Waals surface area contributed by atoms with Crippen LogP contribution >= 0.6 is 12.0 Å². The molecule has 0 unspecified atom stereocenters. The third-order valence-corrected chi connectivity index (χ3v) is 1.37. The van der Waals surface area contributed by atoms with E-state index in [0.29, 0.717) is 13.8 Å². The molecule has 0 saturated heterocycles. The van der Waals surface area contributed by atoms with Crippen LogP contribution in [0.1, 0.15) is 32.6 Å². The minimum atomic E-state index is -1.01. The summed E-state index contributed by atoms with van der Waals surface area (Å²) in [5.41, 5.74) is 0. The van der Waals surface area contributed by atoms with Crippen molar-refractivity contribution in [3.05, 3.63) is 0 Å². The molecule has 0 amide bonds. The van der Waals surface area contributed by atoms with Crippen LogP contribution in [0.25, 0.3) is 0 Å². The van der Waals surface area contributed by atoms with E-state index >= 15 is 0 Å². The Kier molecular flexibility index (Phi) is 61.0. The maximum atomic E-state index is 11.5. The van der Waals surface area contributed by atoms with E-state index in [4.69, 9.17) is 4.55 Å². The van der Waals surface area contributed by atoms with Crippen molar-refractivity contribution in [3.63, 3.8) is 0 Å². The average molecular weight is 296 g/mol. The monoisotopic (exact) mass is 296 g/mol. The first-order chi connectivity index (χ1) is 7.72. The molecule has 0 saturated carbocycles. The smallest absolute Gasteiger partial charge is 0.337 e. The van der Waals surface area contributed by atoms with Gasteiger partial charge in [-0.15, -0.1) is 0 Å². The molecule has 0 bridgehead atoms. The Bertz CT molecular complexity index is 131. The standard InChI is InChI=1S/C8H15FO2.CH3F.CH4OS.2H2O/c1-2-3-4-5-6-11-8(10)7-9;1-2;1-3-2;;/h2-7H2,1H3;1H3;2H,1H3;2*1H2. The molecule has 0 spiro atoms. The second-order valence-corrected chi connectivity index (χ2v) is 2.96. The van der Waals surface area contributed by atoms with Crippen LogP contribution < -0.4 is 0 Å². The van der Waals surface area contributed by atoms with Gasteiger partial charge in [0.2, 0.25) is 0 Å². The lowest BCUT2D eigenvalue weighted by Gasteiger charge is -2.00. The van der Waals surface area contributed by atoms with E-state index in [0.717, 1.165) is 37.7 Å². The first kappa shape index (κ1) is 30.5. The van der Waals surface area contributed by atoms with Gasteiger partial charge >= 0.3 is 5.97 Å². The second-order valence-electron chi connectivity index (χ2n) is 2.60. The Labute approximate surface area is 112 Å². The zero-order chi connectivity index (χ0) is 13.2. The molecule has 0 heterocycles. The topological polar surface area (TPSA) is 110 Å². The molecule has 8 heteroatoms. The Morgan fingerprint density at radius 3 is 2.00 bits per heavy atom. The molecule has 0 aliphatic carbocycles. The molecule has 0 atom stereocenters. The summed E-state index contributed by atoms with van der Waals surface area (Å²) >= 11 is 0.750. The zero-order valence-electron chi connectivity index (χ0n) is 11.2. The van der Waals surface area contributed by atoms with E-state index in [1.807, 2.05) is 0 Å². The van der Waals surface area contributed by atoms with Crippen molar-refractivity contribution < 1.29 is 33.8 Å². The zero-order valence-corrected chi connectivity index (χ0v) is 12.0. The van der Waals surface area contributed by atoms with Crippen LogP contribution in [0.5, 0.6) is 0 Å². The van der Waals surface area contributed by atoms with Crippen molar-refractivity contribution in [2.75, 3.05) is 26.7 Å². The lowest BCUT2D eigenvalue weighted by Crippen LogP contribution is -2.07. The Morgan fingerprint density at radius 2 is 1.67 bits per heavy atom. The van der Waals surface area contributed by atoms with Gasteiger partial charge in [0.1, 0.15) is 0 Å². The molecule has 0 radical (unpaired) electrons. The first-order valence-electron chi connectivity index (χ1n) is 4.99.